The topological polar surface area (TPSA) is 6.48 Å². The molecule has 0 aliphatic heterocycles. The summed E-state index contributed by atoms with van der Waals surface area (Å²) in [4.78, 5) is 4.44. The van der Waals surface area contributed by atoms with Crippen LogP contribution in [0, 0.1) is 13.8 Å². The van der Waals surface area contributed by atoms with Crippen molar-refractivity contribution < 1.29 is 0 Å². The fraction of sp³-hybridized carbons (Fsp3) is 0.263. The molecule has 21 heavy (non-hydrogen) atoms. The number of rotatable bonds is 4. The van der Waals surface area contributed by atoms with Gasteiger partial charge in [0.1, 0.15) is 5.82 Å². The highest BCUT2D eigenvalue weighted by Crippen LogP contribution is 2.24. The van der Waals surface area contributed by atoms with Crippen molar-refractivity contribution in [2.45, 2.75) is 20.8 Å². The van der Waals surface area contributed by atoms with E-state index >= 15 is 0 Å². The lowest BCUT2D eigenvalue weighted by Gasteiger charge is -2.31. The average Bonchev–Trinajstić information content (AvgIpc) is 2.47. The molecule has 0 bridgehead atoms. The fourth-order valence-corrected chi connectivity index (χ4v) is 2.55. The Balaban J connectivity index is 2.31. The summed E-state index contributed by atoms with van der Waals surface area (Å²) in [5, 5.41) is 0. The molecule has 2 aromatic rings. The van der Waals surface area contributed by atoms with E-state index in [1.165, 1.54) is 22.5 Å². The van der Waals surface area contributed by atoms with Crippen molar-refractivity contribution in [1.82, 2.24) is 0 Å². The van der Waals surface area contributed by atoms with Crippen LogP contribution < -0.4 is 9.80 Å². The number of hydrogen-bond acceptors (Lipinski definition) is 2. The lowest BCUT2D eigenvalue weighted by molar-refractivity contribution is 0.969. The van der Waals surface area contributed by atoms with E-state index in [1.54, 1.807) is 0 Å². The van der Waals surface area contributed by atoms with Gasteiger partial charge in [0.15, 0.2) is 0 Å². The number of benzene rings is 2. The van der Waals surface area contributed by atoms with Crippen LogP contribution in [0.5, 0.6) is 0 Å². The second-order valence-electron chi connectivity index (χ2n) is 5.44. The summed E-state index contributed by atoms with van der Waals surface area (Å²) in [6.07, 6.45) is 2.14. The Morgan fingerprint density at radius 3 is 1.57 bits per heavy atom. The summed E-state index contributed by atoms with van der Waals surface area (Å²) in [5.74, 6) is 1.16. The van der Waals surface area contributed by atoms with Gasteiger partial charge in [-0.2, -0.15) is 0 Å². The molecule has 0 aliphatic carbocycles. The lowest BCUT2D eigenvalue weighted by Crippen LogP contribution is -2.30. The van der Waals surface area contributed by atoms with Gasteiger partial charge in [-0.3, -0.25) is 0 Å². The van der Waals surface area contributed by atoms with E-state index in [2.05, 4.69) is 99.3 Å². The van der Waals surface area contributed by atoms with Gasteiger partial charge in [-0.05, 0) is 62.2 Å². The highest BCUT2D eigenvalue weighted by molar-refractivity contribution is 5.60. The Kier molecular flexibility index (Phi) is 4.69. The van der Waals surface area contributed by atoms with Crippen LogP contribution in [0.3, 0.4) is 0 Å². The van der Waals surface area contributed by atoms with Gasteiger partial charge in [0.25, 0.3) is 0 Å². The van der Waals surface area contributed by atoms with E-state index in [1.807, 2.05) is 0 Å². The second kappa shape index (κ2) is 6.49. The van der Waals surface area contributed by atoms with Crippen LogP contribution in [0.25, 0.3) is 0 Å². The van der Waals surface area contributed by atoms with Gasteiger partial charge < -0.3 is 9.80 Å². The van der Waals surface area contributed by atoms with Gasteiger partial charge in [0.05, 0.1) is 0 Å². The van der Waals surface area contributed by atoms with Gasteiger partial charge in [-0.1, -0.05) is 24.3 Å². The smallest absolute Gasteiger partial charge is 0.108 e. The summed E-state index contributed by atoms with van der Waals surface area (Å²) in [7, 11) is 4.22. The van der Waals surface area contributed by atoms with Crippen molar-refractivity contribution in [3.63, 3.8) is 0 Å². The SMILES string of the molecule is CC=C(N(C)c1cccc(C)c1)N(C)c1cccc(C)c1. The van der Waals surface area contributed by atoms with E-state index in [4.69, 9.17) is 0 Å². The molecule has 0 heterocycles. The maximum absolute atomic E-state index is 2.22. The second-order valence-corrected chi connectivity index (χ2v) is 5.44. The van der Waals surface area contributed by atoms with Crippen molar-refractivity contribution >= 4 is 11.4 Å². The van der Waals surface area contributed by atoms with E-state index in [0.29, 0.717) is 0 Å². The first-order valence-corrected chi connectivity index (χ1v) is 7.30. The first kappa shape index (κ1) is 15.2. The van der Waals surface area contributed by atoms with Crippen molar-refractivity contribution in [3.05, 3.63) is 71.6 Å². The predicted molar refractivity (Wildman–Crippen MR) is 92.9 cm³/mol. The Bertz CT molecular complexity index is 590. The van der Waals surface area contributed by atoms with Crippen molar-refractivity contribution in [3.8, 4) is 0 Å². The van der Waals surface area contributed by atoms with Crippen molar-refractivity contribution in [2.24, 2.45) is 0 Å². The molecule has 0 spiro atoms. The molecule has 0 N–H and O–H groups in total. The molecule has 0 saturated heterocycles. The Morgan fingerprint density at radius 2 is 1.24 bits per heavy atom. The lowest BCUT2D eigenvalue weighted by atomic mass is 10.2. The third-order valence-corrected chi connectivity index (χ3v) is 3.72. The molecule has 0 atom stereocenters. The van der Waals surface area contributed by atoms with Crippen LogP contribution in [-0.4, -0.2) is 14.1 Å². The predicted octanol–water partition coefficient (Wildman–Crippen LogP) is 4.74. The van der Waals surface area contributed by atoms with Gasteiger partial charge >= 0.3 is 0 Å². The van der Waals surface area contributed by atoms with Gasteiger partial charge in [0.2, 0.25) is 0 Å². The maximum Gasteiger partial charge on any atom is 0.108 e. The molecule has 0 aliphatic rings. The Hall–Kier alpha value is -2.22. The minimum atomic E-state index is 1.16. The summed E-state index contributed by atoms with van der Waals surface area (Å²) in [5.41, 5.74) is 4.94. The molecule has 0 fully saturated rings. The fourth-order valence-electron chi connectivity index (χ4n) is 2.55. The van der Waals surface area contributed by atoms with Crippen LogP contribution in [0.1, 0.15) is 18.1 Å². The molecule has 2 nitrogen and oxygen atoms in total. The van der Waals surface area contributed by atoms with E-state index < -0.39 is 0 Å². The van der Waals surface area contributed by atoms with Crippen LogP contribution in [0.4, 0.5) is 11.4 Å². The van der Waals surface area contributed by atoms with E-state index in [-0.39, 0.29) is 0 Å². The molecule has 110 valence electrons. The number of nitrogens with zero attached hydrogens (tertiary/aromatic N) is 2. The Labute approximate surface area is 128 Å². The number of hydrogen-bond donors (Lipinski definition) is 0. The van der Waals surface area contributed by atoms with E-state index in [0.717, 1.165) is 5.82 Å². The monoisotopic (exact) mass is 280 g/mol. The first-order chi connectivity index (χ1) is 10.0. The number of allylic oxidation sites excluding steroid dienone is 1. The molecule has 0 amide bonds. The molecule has 2 aromatic carbocycles. The van der Waals surface area contributed by atoms with E-state index in [9.17, 15) is 0 Å². The zero-order valence-corrected chi connectivity index (χ0v) is 13.6. The number of aryl methyl sites for hydroxylation is 2. The molecular formula is C19H24N2. The average molecular weight is 280 g/mol. The molecule has 0 saturated carbocycles. The van der Waals surface area contributed by atoms with Crippen LogP contribution >= 0.6 is 0 Å². The van der Waals surface area contributed by atoms with Crippen LogP contribution in [0.2, 0.25) is 0 Å². The molecule has 0 unspecified atom stereocenters. The largest absolute Gasteiger partial charge is 0.331 e. The zero-order chi connectivity index (χ0) is 15.4. The van der Waals surface area contributed by atoms with Crippen LogP contribution in [0.15, 0.2) is 60.4 Å². The van der Waals surface area contributed by atoms with Crippen molar-refractivity contribution in [2.75, 3.05) is 23.9 Å². The van der Waals surface area contributed by atoms with Crippen LogP contribution in [-0.2, 0) is 0 Å². The standard InChI is InChI=1S/C19H24N2/c1-6-19(20(4)17-11-7-9-15(2)13-17)21(5)18-12-8-10-16(3)14-18/h6-14H,1-5H3. The van der Waals surface area contributed by atoms with Gasteiger partial charge in [0, 0.05) is 25.5 Å². The maximum atomic E-state index is 2.22. The third-order valence-electron chi connectivity index (χ3n) is 3.72. The van der Waals surface area contributed by atoms with Gasteiger partial charge in [-0.15, -0.1) is 0 Å². The summed E-state index contributed by atoms with van der Waals surface area (Å²) >= 11 is 0. The molecule has 2 heteroatoms. The highest BCUT2D eigenvalue weighted by Gasteiger charge is 2.12. The minimum Gasteiger partial charge on any atom is -0.331 e. The molecule has 2 rings (SSSR count). The van der Waals surface area contributed by atoms with Crippen molar-refractivity contribution in [1.29, 1.82) is 0 Å². The third kappa shape index (κ3) is 3.46. The molecule has 0 aromatic heterocycles. The summed E-state index contributed by atoms with van der Waals surface area (Å²) < 4.78 is 0. The summed E-state index contributed by atoms with van der Waals surface area (Å²) in [6, 6.07) is 17.1. The Morgan fingerprint density at radius 1 is 0.810 bits per heavy atom. The summed E-state index contributed by atoms with van der Waals surface area (Å²) in [6.45, 7) is 6.32. The quantitative estimate of drug-likeness (QED) is 0.798. The van der Waals surface area contributed by atoms with Gasteiger partial charge in [-0.25, -0.2) is 0 Å². The minimum absolute atomic E-state index is 1.16. The zero-order valence-electron chi connectivity index (χ0n) is 13.6. The first-order valence-electron chi connectivity index (χ1n) is 7.30. The number of anilines is 2. The molecule has 0 radical (unpaired) electrons. The molecular weight excluding hydrogens is 256 g/mol. The normalized spacial score (nSPS) is 10.1. The highest BCUT2D eigenvalue weighted by atomic mass is 15.3.